The molecule has 2 aliphatic rings. The van der Waals surface area contributed by atoms with Gasteiger partial charge in [0.05, 0.1) is 29.5 Å². The molecule has 3 aromatic carbocycles. The smallest absolute Gasteiger partial charge is 0.266 e. The minimum absolute atomic E-state index is 0.226. The third-order valence-electron chi connectivity index (χ3n) is 6.07. The third kappa shape index (κ3) is 3.66. The topological polar surface area (TPSA) is 75.7 Å². The van der Waals surface area contributed by atoms with Crippen molar-refractivity contribution < 1.29 is 19.1 Å². The first-order valence-corrected chi connectivity index (χ1v) is 11.0. The number of hydrogen-bond donors (Lipinski definition) is 1. The van der Waals surface area contributed by atoms with E-state index in [9.17, 15) is 14.4 Å². The fourth-order valence-electron chi connectivity index (χ4n) is 4.32. The molecule has 0 saturated carbocycles. The van der Waals surface area contributed by atoms with Crippen LogP contribution in [0.25, 0.3) is 0 Å². The molecule has 0 aromatic heterocycles. The molecule has 5 rings (SSSR count). The minimum Gasteiger partial charge on any atom is -0.493 e. The Kier molecular flexibility index (Phi) is 5.17. The molecule has 1 N–H and O–H groups in total. The number of amides is 3. The highest BCUT2D eigenvalue weighted by molar-refractivity contribution is 6.35. The van der Waals surface area contributed by atoms with Crippen molar-refractivity contribution in [1.29, 1.82) is 0 Å². The van der Waals surface area contributed by atoms with E-state index in [-0.39, 0.29) is 23.4 Å². The lowest BCUT2D eigenvalue weighted by Crippen LogP contribution is -2.32. The van der Waals surface area contributed by atoms with Crippen molar-refractivity contribution in [1.82, 2.24) is 5.32 Å². The van der Waals surface area contributed by atoms with E-state index in [1.807, 2.05) is 32.0 Å². The van der Waals surface area contributed by atoms with Crippen LogP contribution in [0.1, 0.15) is 60.2 Å². The zero-order valence-electron chi connectivity index (χ0n) is 18.1. The molecule has 3 aromatic rings. The number of rotatable bonds is 3. The first kappa shape index (κ1) is 21.2. The molecule has 166 valence electrons. The monoisotopic (exact) mass is 460 g/mol. The number of hydrogen-bond acceptors (Lipinski definition) is 4. The number of fused-ring (bicyclic) bond motifs is 2. The number of ether oxygens (including phenoxy) is 1. The molecule has 0 fully saturated rings. The van der Waals surface area contributed by atoms with Gasteiger partial charge >= 0.3 is 0 Å². The Morgan fingerprint density at radius 2 is 1.79 bits per heavy atom. The number of nitrogens with zero attached hydrogens (tertiary/aromatic N) is 1. The molecule has 3 amide bonds. The molecule has 0 spiro atoms. The summed E-state index contributed by atoms with van der Waals surface area (Å²) in [6.45, 7) is 4.24. The highest BCUT2D eigenvalue weighted by Crippen LogP contribution is 2.35. The zero-order chi connectivity index (χ0) is 23.3. The highest BCUT2D eigenvalue weighted by atomic mass is 35.5. The van der Waals surface area contributed by atoms with Gasteiger partial charge in [0.15, 0.2) is 0 Å². The van der Waals surface area contributed by atoms with Crippen LogP contribution in [0.4, 0.5) is 5.69 Å². The van der Waals surface area contributed by atoms with E-state index in [0.717, 1.165) is 16.7 Å². The van der Waals surface area contributed by atoms with Gasteiger partial charge in [0.2, 0.25) is 0 Å². The molecule has 6 nitrogen and oxygen atoms in total. The van der Waals surface area contributed by atoms with E-state index in [4.69, 9.17) is 16.3 Å². The predicted molar refractivity (Wildman–Crippen MR) is 125 cm³/mol. The van der Waals surface area contributed by atoms with E-state index in [0.29, 0.717) is 40.6 Å². The number of imide groups is 1. The third-order valence-corrected chi connectivity index (χ3v) is 6.31. The second-order valence-corrected chi connectivity index (χ2v) is 8.78. The summed E-state index contributed by atoms with van der Waals surface area (Å²) in [7, 11) is 0. The van der Waals surface area contributed by atoms with Gasteiger partial charge in [0.25, 0.3) is 17.7 Å². The van der Waals surface area contributed by atoms with Gasteiger partial charge < -0.3 is 10.1 Å². The van der Waals surface area contributed by atoms with Gasteiger partial charge in [-0.25, -0.2) is 4.90 Å². The summed E-state index contributed by atoms with van der Waals surface area (Å²) in [6.07, 6.45) is 0.599. The summed E-state index contributed by atoms with van der Waals surface area (Å²) in [4.78, 5) is 40.4. The summed E-state index contributed by atoms with van der Waals surface area (Å²) in [5.74, 6) is -0.457. The van der Waals surface area contributed by atoms with E-state index in [1.165, 1.54) is 11.0 Å². The van der Waals surface area contributed by atoms with Gasteiger partial charge in [-0.2, -0.15) is 0 Å². The van der Waals surface area contributed by atoms with Crippen LogP contribution >= 0.6 is 11.6 Å². The van der Waals surface area contributed by atoms with Crippen LogP contribution in [0.5, 0.6) is 5.75 Å². The molecule has 2 aliphatic heterocycles. The largest absolute Gasteiger partial charge is 0.493 e. The Hall–Kier alpha value is -3.64. The molecule has 7 heteroatoms. The van der Waals surface area contributed by atoms with Gasteiger partial charge in [-0.3, -0.25) is 14.4 Å². The van der Waals surface area contributed by atoms with Crippen molar-refractivity contribution in [2.24, 2.45) is 0 Å². The van der Waals surface area contributed by atoms with Gasteiger partial charge in [0, 0.05) is 22.6 Å². The summed E-state index contributed by atoms with van der Waals surface area (Å²) >= 11 is 6.13. The SMILES string of the molecule is Cc1ccc(C)c(N2C(=O)c3ccc(C(=O)NC4CCOc5ccc(Cl)cc54)cc3C2=O)c1. The molecule has 0 saturated heterocycles. The quantitative estimate of drug-likeness (QED) is 0.557. The van der Waals surface area contributed by atoms with E-state index >= 15 is 0 Å². The Labute approximate surface area is 196 Å². The van der Waals surface area contributed by atoms with Crippen LogP contribution in [-0.4, -0.2) is 24.3 Å². The molecule has 0 radical (unpaired) electrons. The maximum absolute atomic E-state index is 13.2. The van der Waals surface area contributed by atoms with Crippen LogP contribution in [0, 0.1) is 13.8 Å². The van der Waals surface area contributed by atoms with Gasteiger partial charge in [0.1, 0.15) is 5.75 Å². The Morgan fingerprint density at radius 1 is 1.00 bits per heavy atom. The van der Waals surface area contributed by atoms with Crippen LogP contribution in [-0.2, 0) is 0 Å². The molecule has 2 heterocycles. The first-order valence-electron chi connectivity index (χ1n) is 10.7. The molecule has 0 aliphatic carbocycles. The van der Waals surface area contributed by atoms with Crippen molar-refractivity contribution in [2.45, 2.75) is 26.3 Å². The van der Waals surface area contributed by atoms with Gasteiger partial charge in [-0.1, -0.05) is 23.7 Å². The maximum atomic E-state index is 13.2. The Balaban J connectivity index is 1.43. The van der Waals surface area contributed by atoms with Crippen LogP contribution in [0.2, 0.25) is 5.02 Å². The van der Waals surface area contributed by atoms with Crippen molar-refractivity contribution in [2.75, 3.05) is 11.5 Å². The number of nitrogens with one attached hydrogen (secondary N) is 1. The maximum Gasteiger partial charge on any atom is 0.266 e. The number of aryl methyl sites for hydroxylation is 2. The molecule has 0 bridgehead atoms. The summed E-state index contributed by atoms with van der Waals surface area (Å²) < 4.78 is 5.66. The second-order valence-electron chi connectivity index (χ2n) is 8.34. The fraction of sp³-hybridized carbons (Fsp3) is 0.192. The number of carbonyl (C=O) groups excluding carboxylic acids is 3. The average molecular weight is 461 g/mol. The van der Waals surface area contributed by atoms with E-state index in [1.54, 1.807) is 30.3 Å². The number of carbonyl (C=O) groups is 3. The number of anilines is 1. The summed E-state index contributed by atoms with van der Waals surface area (Å²) in [5, 5.41) is 3.57. The van der Waals surface area contributed by atoms with Crippen molar-refractivity contribution in [3.63, 3.8) is 0 Å². The summed E-state index contributed by atoms with van der Waals surface area (Å²) in [6, 6.07) is 15.3. The minimum atomic E-state index is -0.429. The lowest BCUT2D eigenvalue weighted by atomic mass is 9.99. The molecular weight excluding hydrogens is 440 g/mol. The average Bonchev–Trinajstić information content (AvgIpc) is 3.05. The van der Waals surface area contributed by atoms with Crippen LogP contribution in [0.15, 0.2) is 54.6 Å². The number of halogens is 1. The van der Waals surface area contributed by atoms with Crippen LogP contribution < -0.4 is 15.0 Å². The van der Waals surface area contributed by atoms with E-state index < -0.39 is 5.91 Å². The van der Waals surface area contributed by atoms with E-state index in [2.05, 4.69) is 5.32 Å². The molecule has 33 heavy (non-hydrogen) atoms. The lowest BCUT2D eigenvalue weighted by Gasteiger charge is -2.27. The fourth-order valence-corrected chi connectivity index (χ4v) is 4.50. The Morgan fingerprint density at radius 3 is 2.61 bits per heavy atom. The van der Waals surface area contributed by atoms with Gasteiger partial charge in [-0.15, -0.1) is 0 Å². The van der Waals surface area contributed by atoms with Crippen LogP contribution in [0.3, 0.4) is 0 Å². The van der Waals surface area contributed by atoms with Gasteiger partial charge in [-0.05, 0) is 67.4 Å². The second kappa shape index (κ2) is 8.05. The zero-order valence-corrected chi connectivity index (χ0v) is 18.9. The van der Waals surface area contributed by atoms with Crippen molar-refractivity contribution in [3.8, 4) is 5.75 Å². The number of benzene rings is 3. The Bertz CT molecular complexity index is 1330. The van der Waals surface area contributed by atoms with Crippen molar-refractivity contribution in [3.05, 3.63) is 93.0 Å². The molecule has 1 unspecified atom stereocenters. The lowest BCUT2D eigenvalue weighted by molar-refractivity contribution is 0.0916. The predicted octanol–water partition coefficient (Wildman–Crippen LogP) is 5.01. The molecule has 1 atom stereocenters. The first-order chi connectivity index (χ1) is 15.8. The van der Waals surface area contributed by atoms with Crippen molar-refractivity contribution >= 4 is 35.0 Å². The normalized spacial score (nSPS) is 16.8. The highest BCUT2D eigenvalue weighted by Gasteiger charge is 2.38. The molecular formula is C26H21ClN2O4. The summed E-state index contributed by atoms with van der Waals surface area (Å²) in [5.41, 5.74) is 3.98. The standard InChI is InChI=1S/C26H21ClN2O4/c1-14-3-4-15(2)22(11-14)29-25(31)18-7-5-16(12-19(18)26(29)32)24(30)28-21-9-10-33-23-8-6-17(27)13-20(21)23/h3-8,11-13,21H,9-10H2,1-2H3,(H,28,30).